The molecular formula is C13H17N3O3S. The maximum atomic E-state index is 11.4. The van der Waals surface area contributed by atoms with Crippen molar-refractivity contribution < 1.29 is 13.9 Å². The second kappa shape index (κ2) is 6.60. The largest absolute Gasteiger partial charge is 0.465 e. The zero-order chi connectivity index (χ0) is 14.5. The Morgan fingerprint density at radius 3 is 2.90 bits per heavy atom. The molecule has 0 aliphatic heterocycles. The summed E-state index contributed by atoms with van der Waals surface area (Å²) in [6.45, 7) is 6.23. The lowest BCUT2D eigenvalue weighted by atomic mass is 10.3. The predicted octanol–water partition coefficient (Wildman–Crippen LogP) is 2.77. The van der Waals surface area contributed by atoms with Crippen molar-refractivity contribution >= 4 is 17.7 Å². The van der Waals surface area contributed by atoms with Crippen LogP contribution in [0.25, 0.3) is 11.6 Å². The molecule has 0 fully saturated rings. The molecule has 0 aliphatic rings. The third-order valence-corrected chi connectivity index (χ3v) is 3.46. The highest BCUT2D eigenvalue weighted by Crippen LogP contribution is 2.27. The van der Waals surface area contributed by atoms with Gasteiger partial charge in [0, 0.05) is 6.04 Å². The van der Waals surface area contributed by atoms with Crippen LogP contribution in [0.15, 0.2) is 28.0 Å². The van der Waals surface area contributed by atoms with Gasteiger partial charge in [0.25, 0.3) is 0 Å². The average molecular weight is 295 g/mol. The van der Waals surface area contributed by atoms with Crippen molar-refractivity contribution in [1.29, 1.82) is 0 Å². The second-order valence-electron chi connectivity index (χ2n) is 4.34. The summed E-state index contributed by atoms with van der Waals surface area (Å²) in [6.07, 6.45) is 1.60. The van der Waals surface area contributed by atoms with Gasteiger partial charge < -0.3 is 9.15 Å². The minimum atomic E-state index is -0.254. The number of esters is 1. The summed E-state index contributed by atoms with van der Waals surface area (Å²) in [6, 6.07) is 3.80. The first-order chi connectivity index (χ1) is 9.63. The van der Waals surface area contributed by atoms with Gasteiger partial charge in [-0.25, -0.2) is 0 Å². The van der Waals surface area contributed by atoms with Gasteiger partial charge in [-0.05, 0) is 32.9 Å². The quantitative estimate of drug-likeness (QED) is 0.603. The molecular weight excluding hydrogens is 278 g/mol. The van der Waals surface area contributed by atoms with E-state index >= 15 is 0 Å². The molecule has 20 heavy (non-hydrogen) atoms. The van der Waals surface area contributed by atoms with Crippen LogP contribution in [0.2, 0.25) is 0 Å². The Morgan fingerprint density at radius 2 is 2.30 bits per heavy atom. The van der Waals surface area contributed by atoms with Crippen molar-refractivity contribution in [3.63, 3.8) is 0 Å². The van der Waals surface area contributed by atoms with Gasteiger partial charge in [0.1, 0.15) is 0 Å². The third-order valence-electron chi connectivity index (χ3n) is 2.55. The molecule has 0 saturated carbocycles. The molecule has 7 heteroatoms. The molecule has 0 atom stereocenters. The third kappa shape index (κ3) is 3.22. The molecule has 0 radical (unpaired) electrons. The summed E-state index contributed by atoms with van der Waals surface area (Å²) in [5, 5.41) is 8.96. The Morgan fingerprint density at radius 1 is 1.50 bits per heavy atom. The SMILES string of the molecule is CCOC(=O)CSc1nnc(-c2ccco2)n1C(C)C. The zero-order valence-corrected chi connectivity index (χ0v) is 12.5. The molecule has 0 saturated heterocycles. The Hall–Kier alpha value is -1.76. The van der Waals surface area contributed by atoms with Crippen molar-refractivity contribution in [3.8, 4) is 11.6 Å². The van der Waals surface area contributed by atoms with Crippen LogP contribution in [0.3, 0.4) is 0 Å². The molecule has 0 amide bonds. The van der Waals surface area contributed by atoms with Gasteiger partial charge in [0.2, 0.25) is 5.82 Å². The average Bonchev–Trinajstić information content (AvgIpc) is 3.05. The second-order valence-corrected chi connectivity index (χ2v) is 5.28. The number of ether oxygens (including phenoxy) is 1. The van der Waals surface area contributed by atoms with Gasteiger partial charge in [-0.3, -0.25) is 9.36 Å². The van der Waals surface area contributed by atoms with E-state index in [0.717, 1.165) is 0 Å². The summed E-state index contributed by atoms with van der Waals surface area (Å²) in [7, 11) is 0. The van der Waals surface area contributed by atoms with Crippen molar-refractivity contribution in [1.82, 2.24) is 14.8 Å². The first-order valence-corrected chi connectivity index (χ1v) is 7.39. The van der Waals surface area contributed by atoms with Crippen LogP contribution in [0.1, 0.15) is 26.8 Å². The number of rotatable bonds is 6. The minimum Gasteiger partial charge on any atom is -0.465 e. The normalized spacial score (nSPS) is 11.0. The first kappa shape index (κ1) is 14.6. The van der Waals surface area contributed by atoms with Crippen LogP contribution < -0.4 is 0 Å². The number of hydrogen-bond acceptors (Lipinski definition) is 6. The van der Waals surface area contributed by atoms with Crippen LogP contribution in [-0.2, 0) is 9.53 Å². The standard InChI is InChI=1S/C13H17N3O3S/c1-4-18-11(17)8-20-13-15-14-12(16(13)9(2)3)10-6-5-7-19-10/h5-7,9H,4,8H2,1-3H3. The molecule has 0 N–H and O–H groups in total. The molecule has 2 aromatic heterocycles. The molecule has 2 rings (SSSR count). The molecule has 0 bridgehead atoms. The van der Waals surface area contributed by atoms with E-state index in [2.05, 4.69) is 10.2 Å². The van der Waals surface area contributed by atoms with Crippen LogP contribution in [0.5, 0.6) is 0 Å². The molecule has 2 aromatic rings. The lowest BCUT2D eigenvalue weighted by Gasteiger charge is -2.12. The number of hydrogen-bond donors (Lipinski definition) is 0. The Bertz CT molecular complexity index is 563. The fourth-order valence-electron chi connectivity index (χ4n) is 1.74. The highest BCUT2D eigenvalue weighted by atomic mass is 32.2. The van der Waals surface area contributed by atoms with Gasteiger partial charge in [-0.15, -0.1) is 10.2 Å². The molecule has 0 spiro atoms. The van der Waals surface area contributed by atoms with E-state index in [1.165, 1.54) is 11.8 Å². The van der Waals surface area contributed by atoms with E-state index in [-0.39, 0.29) is 17.8 Å². The number of nitrogens with zero attached hydrogens (tertiary/aromatic N) is 3. The number of furan rings is 1. The molecule has 0 aromatic carbocycles. The van der Waals surface area contributed by atoms with Crippen LogP contribution in [0.4, 0.5) is 0 Å². The maximum Gasteiger partial charge on any atom is 0.316 e. The lowest BCUT2D eigenvalue weighted by molar-refractivity contribution is -0.139. The Labute approximate surface area is 121 Å². The van der Waals surface area contributed by atoms with Crippen molar-refractivity contribution in [2.75, 3.05) is 12.4 Å². The zero-order valence-electron chi connectivity index (χ0n) is 11.7. The van der Waals surface area contributed by atoms with E-state index in [9.17, 15) is 4.79 Å². The Kier molecular flexibility index (Phi) is 4.84. The highest BCUT2D eigenvalue weighted by Gasteiger charge is 2.19. The molecule has 2 heterocycles. The van der Waals surface area contributed by atoms with Gasteiger partial charge in [0.15, 0.2) is 10.9 Å². The summed E-state index contributed by atoms with van der Waals surface area (Å²) < 4.78 is 12.2. The first-order valence-electron chi connectivity index (χ1n) is 6.40. The number of carbonyl (C=O) groups excluding carboxylic acids is 1. The van der Waals surface area contributed by atoms with Crippen LogP contribution in [0, 0.1) is 0 Å². The summed E-state index contributed by atoms with van der Waals surface area (Å²) in [4.78, 5) is 11.4. The van der Waals surface area contributed by atoms with Crippen LogP contribution in [-0.4, -0.2) is 33.1 Å². The van der Waals surface area contributed by atoms with E-state index < -0.39 is 0 Å². The summed E-state index contributed by atoms with van der Waals surface area (Å²) >= 11 is 1.31. The summed E-state index contributed by atoms with van der Waals surface area (Å²) in [5.41, 5.74) is 0. The number of thioether (sulfide) groups is 1. The predicted molar refractivity (Wildman–Crippen MR) is 75.5 cm³/mol. The Balaban J connectivity index is 2.20. The van der Waals surface area contributed by atoms with E-state index in [0.29, 0.717) is 23.3 Å². The molecule has 0 unspecified atom stereocenters. The molecule has 108 valence electrons. The van der Waals surface area contributed by atoms with Gasteiger partial charge in [-0.1, -0.05) is 11.8 Å². The lowest BCUT2D eigenvalue weighted by Crippen LogP contribution is -2.09. The smallest absolute Gasteiger partial charge is 0.316 e. The maximum absolute atomic E-state index is 11.4. The van der Waals surface area contributed by atoms with Crippen molar-refractivity contribution in [2.45, 2.75) is 32.0 Å². The number of carbonyl (C=O) groups is 1. The van der Waals surface area contributed by atoms with Crippen molar-refractivity contribution in [2.24, 2.45) is 0 Å². The minimum absolute atomic E-state index is 0.162. The van der Waals surface area contributed by atoms with E-state index in [4.69, 9.17) is 9.15 Å². The van der Waals surface area contributed by atoms with Gasteiger partial charge in [-0.2, -0.15) is 0 Å². The summed E-state index contributed by atoms with van der Waals surface area (Å²) in [5.74, 6) is 1.29. The fourth-order valence-corrected chi connectivity index (χ4v) is 2.61. The van der Waals surface area contributed by atoms with Crippen molar-refractivity contribution in [3.05, 3.63) is 18.4 Å². The fraction of sp³-hybridized carbons (Fsp3) is 0.462. The van der Waals surface area contributed by atoms with E-state index in [1.54, 1.807) is 19.3 Å². The monoisotopic (exact) mass is 295 g/mol. The topological polar surface area (TPSA) is 70.2 Å². The van der Waals surface area contributed by atoms with Crippen LogP contribution >= 0.6 is 11.8 Å². The van der Waals surface area contributed by atoms with Gasteiger partial charge in [0.05, 0.1) is 18.6 Å². The number of aromatic nitrogens is 3. The van der Waals surface area contributed by atoms with E-state index in [1.807, 2.05) is 24.5 Å². The van der Waals surface area contributed by atoms with Gasteiger partial charge >= 0.3 is 5.97 Å². The highest BCUT2D eigenvalue weighted by molar-refractivity contribution is 7.99. The molecule has 6 nitrogen and oxygen atoms in total. The molecule has 0 aliphatic carbocycles.